The van der Waals surface area contributed by atoms with Crippen molar-refractivity contribution in [2.45, 2.75) is 19.8 Å². The van der Waals surface area contributed by atoms with Gasteiger partial charge >= 0.3 is 0 Å². The molecular weight excluding hydrogens is 266 g/mol. The molecule has 1 fully saturated rings. The highest BCUT2D eigenvalue weighted by Crippen LogP contribution is 2.23. The smallest absolute Gasteiger partial charge is 0.164 e. The largest absolute Gasteiger partial charge is 0.492 e. The lowest BCUT2D eigenvalue weighted by atomic mass is 10.1. The number of nitrogens with zero attached hydrogens (tertiary/aromatic N) is 1. The molecule has 0 spiro atoms. The van der Waals surface area contributed by atoms with Gasteiger partial charge in [-0.2, -0.15) is 0 Å². The average molecular weight is 291 g/mol. The normalized spacial score (nSPS) is 16.4. The summed E-state index contributed by atoms with van der Waals surface area (Å²) in [7, 11) is 0. The molecule has 5 nitrogen and oxygen atoms in total. The zero-order valence-electron chi connectivity index (χ0n) is 12.7. The van der Waals surface area contributed by atoms with E-state index in [1.54, 1.807) is 18.2 Å². The number of hydrogen-bond acceptors (Lipinski definition) is 5. The molecule has 0 aliphatic carbocycles. The van der Waals surface area contributed by atoms with Crippen LogP contribution in [0.15, 0.2) is 18.2 Å². The Morgan fingerprint density at radius 1 is 1.38 bits per heavy atom. The number of benzene rings is 1. The lowest BCUT2D eigenvalue weighted by molar-refractivity contribution is 0.0965. The molecule has 1 aromatic carbocycles. The third-order valence-electron chi connectivity index (χ3n) is 3.72. The van der Waals surface area contributed by atoms with Crippen LogP contribution in [0.25, 0.3) is 0 Å². The molecule has 2 rings (SSSR count). The van der Waals surface area contributed by atoms with E-state index in [4.69, 9.17) is 10.5 Å². The number of hydrogen-bond donors (Lipinski definition) is 2. The van der Waals surface area contributed by atoms with Crippen LogP contribution in [0.2, 0.25) is 0 Å². The van der Waals surface area contributed by atoms with Gasteiger partial charge in [0.2, 0.25) is 0 Å². The van der Waals surface area contributed by atoms with Crippen LogP contribution in [0.1, 0.15) is 30.1 Å². The van der Waals surface area contributed by atoms with Gasteiger partial charge in [0.1, 0.15) is 5.75 Å². The second-order valence-electron chi connectivity index (χ2n) is 5.30. The van der Waals surface area contributed by atoms with Crippen LogP contribution in [0, 0.1) is 0 Å². The fourth-order valence-electron chi connectivity index (χ4n) is 2.54. The van der Waals surface area contributed by atoms with Gasteiger partial charge in [-0.3, -0.25) is 4.79 Å². The number of ether oxygens (including phenoxy) is 1. The van der Waals surface area contributed by atoms with Gasteiger partial charge in [-0.05, 0) is 44.6 Å². The SMILES string of the molecule is CCOc1ccc(C(=O)CCN2CCCNCC2)cc1N. The van der Waals surface area contributed by atoms with Gasteiger partial charge in [0.05, 0.1) is 12.3 Å². The van der Waals surface area contributed by atoms with Crippen LogP contribution in [-0.4, -0.2) is 50.0 Å². The maximum Gasteiger partial charge on any atom is 0.164 e. The third-order valence-corrected chi connectivity index (χ3v) is 3.72. The van der Waals surface area contributed by atoms with Crippen molar-refractivity contribution >= 4 is 11.5 Å². The molecule has 116 valence electrons. The number of ketones is 1. The predicted molar refractivity (Wildman–Crippen MR) is 84.9 cm³/mol. The zero-order chi connectivity index (χ0) is 15.1. The molecule has 0 bridgehead atoms. The highest BCUT2D eigenvalue weighted by atomic mass is 16.5. The third kappa shape index (κ3) is 4.72. The van der Waals surface area contributed by atoms with E-state index in [-0.39, 0.29) is 5.78 Å². The van der Waals surface area contributed by atoms with Crippen molar-refractivity contribution in [3.8, 4) is 5.75 Å². The molecular formula is C16H25N3O2. The van der Waals surface area contributed by atoms with Crippen molar-refractivity contribution in [3.63, 3.8) is 0 Å². The number of carbonyl (C=O) groups is 1. The van der Waals surface area contributed by atoms with E-state index < -0.39 is 0 Å². The first-order valence-electron chi connectivity index (χ1n) is 7.69. The molecule has 5 heteroatoms. The van der Waals surface area contributed by atoms with Crippen molar-refractivity contribution in [3.05, 3.63) is 23.8 Å². The number of nitrogen functional groups attached to an aromatic ring is 1. The molecule has 0 amide bonds. The highest BCUT2D eigenvalue weighted by Gasteiger charge is 2.13. The second-order valence-corrected chi connectivity index (χ2v) is 5.30. The van der Waals surface area contributed by atoms with E-state index in [2.05, 4.69) is 10.2 Å². The van der Waals surface area contributed by atoms with E-state index in [1.807, 2.05) is 6.92 Å². The lowest BCUT2D eigenvalue weighted by Crippen LogP contribution is -2.30. The summed E-state index contributed by atoms with van der Waals surface area (Å²) >= 11 is 0. The van der Waals surface area contributed by atoms with Gasteiger partial charge in [-0.1, -0.05) is 0 Å². The van der Waals surface area contributed by atoms with Crippen molar-refractivity contribution in [2.75, 3.05) is 45.1 Å². The van der Waals surface area contributed by atoms with Gasteiger partial charge in [0, 0.05) is 31.6 Å². The van der Waals surface area contributed by atoms with Crippen LogP contribution in [0.3, 0.4) is 0 Å². The van der Waals surface area contributed by atoms with Crippen molar-refractivity contribution in [1.82, 2.24) is 10.2 Å². The summed E-state index contributed by atoms with van der Waals surface area (Å²) in [6, 6.07) is 5.30. The molecule has 1 aliphatic heterocycles. The molecule has 0 aromatic heterocycles. The first kappa shape index (κ1) is 15.8. The Morgan fingerprint density at radius 2 is 2.24 bits per heavy atom. The molecule has 21 heavy (non-hydrogen) atoms. The van der Waals surface area contributed by atoms with Crippen LogP contribution >= 0.6 is 0 Å². The number of Topliss-reactive ketones (excluding diaryl/α,β-unsaturated/α-hetero) is 1. The Morgan fingerprint density at radius 3 is 3.00 bits per heavy atom. The molecule has 1 heterocycles. The number of carbonyl (C=O) groups excluding carboxylic acids is 1. The molecule has 0 atom stereocenters. The minimum atomic E-state index is 0.141. The summed E-state index contributed by atoms with van der Waals surface area (Å²) in [5.41, 5.74) is 7.11. The van der Waals surface area contributed by atoms with Gasteiger partial charge in [-0.25, -0.2) is 0 Å². The summed E-state index contributed by atoms with van der Waals surface area (Å²) in [5, 5.41) is 3.37. The first-order valence-corrected chi connectivity index (χ1v) is 7.69. The molecule has 0 saturated carbocycles. The predicted octanol–water partition coefficient (Wildman–Crippen LogP) is 1.54. The fourth-order valence-corrected chi connectivity index (χ4v) is 2.54. The number of anilines is 1. The van der Waals surface area contributed by atoms with Crippen molar-refractivity contribution < 1.29 is 9.53 Å². The Balaban J connectivity index is 1.89. The molecule has 1 saturated heterocycles. The fraction of sp³-hybridized carbons (Fsp3) is 0.562. The zero-order valence-corrected chi connectivity index (χ0v) is 12.7. The van der Waals surface area contributed by atoms with Gasteiger partial charge in [-0.15, -0.1) is 0 Å². The van der Waals surface area contributed by atoms with E-state index >= 15 is 0 Å². The standard InChI is InChI=1S/C16H25N3O2/c1-2-21-16-5-4-13(12-14(16)17)15(20)6-10-19-9-3-7-18-8-11-19/h4-5,12,18H,2-3,6-11,17H2,1H3. The lowest BCUT2D eigenvalue weighted by Gasteiger charge is -2.18. The summed E-state index contributed by atoms with van der Waals surface area (Å²) in [4.78, 5) is 14.6. The summed E-state index contributed by atoms with van der Waals surface area (Å²) < 4.78 is 5.39. The molecule has 1 aliphatic rings. The van der Waals surface area contributed by atoms with Crippen molar-refractivity contribution in [2.24, 2.45) is 0 Å². The van der Waals surface area contributed by atoms with Crippen molar-refractivity contribution in [1.29, 1.82) is 0 Å². The Labute approximate surface area is 126 Å². The maximum atomic E-state index is 12.3. The summed E-state index contributed by atoms with van der Waals surface area (Å²) in [6.07, 6.45) is 1.68. The number of nitrogens with two attached hydrogens (primary N) is 1. The minimum absolute atomic E-state index is 0.141. The first-order chi connectivity index (χ1) is 10.2. The van der Waals surface area contributed by atoms with E-state index in [0.717, 1.165) is 39.1 Å². The quantitative estimate of drug-likeness (QED) is 0.614. The summed E-state index contributed by atoms with van der Waals surface area (Å²) in [6.45, 7) is 7.44. The minimum Gasteiger partial charge on any atom is -0.492 e. The summed E-state index contributed by atoms with van der Waals surface area (Å²) in [5.74, 6) is 0.787. The van der Waals surface area contributed by atoms with Gasteiger partial charge in [0.15, 0.2) is 5.78 Å². The topological polar surface area (TPSA) is 67.6 Å². The molecule has 0 unspecified atom stereocenters. The van der Waals surface area contributed by atoms with Crippen LogP contribution in [0.5, 0.6) is 5.75 Å². The Hall–Kier alpha value is -1.59. The second kappa shape index (κ2) is 8.00. The average Bonchev–Trinajstić information content (AvgIpc) is 2.75. The van der Waals surface area contributed by atoms with Gasteiger partial charge in [0.25, 0.3) is 0 Å². The molecule has 3 N–H and O–H groups in total. The maximum absolute atomic E-state index is 12.3. The van der Waals surface area contributed by atoms with E-state index in [9.17, 15) is 4.79 Å². The van der Waals surface area contributed by atoms with E-state index in [0.29, 0.717) is 30.0 Å². The Kier molecular flexibility index (Phi) is 6.02. The highest BCUT2D eigenvalue weighted by molar-refractivity contribution is 5.97. The number of rotatable bonds is 6. The van der Waals surface area contributed by atoms with Crippen LogP contribution in [0.4, 0.5) is 5.69 Å². The molecule has 1 aromatic rings. The van der Waals surface area contributed by atoms with Gasteiger partial charge < -0.3 is 20.7 Å². The van der Waals surface area contributed by atoms with Crippen LogP contribution < -0.4 is 15.8 Å². The molecule has 0 radical (unpaired) electrons. The Bertz CT molecular complexity index is 469. The monoisotopic (exact) mass is 291 g/mol. The van der Waals surface area contributed by atoms with Crippen LogP contribution in [-0.2, 0) is 0 Å². The number of nitrogens with one attached hydrogen (secondary N) is 1. The van der Waals surface area contributed by atoms with E-state index in [1.165, 1.54) is 0 Å².